The minimum absolute atomic E-state index is 0.0515. The number of halogens is 2. The smallest absolute Gasteiger partial charge is 0.323 e. The number of anilines is 1. The maximum absolute atomic E-state index is 13.2. The van der Waals surface area contributed by atoms with Crippen LogP contribution in [0, 0.1) is 5.82 Å². The molecule has 0 saturated heterocycles. The Bertz CT molecular complexity index is 462. The molecule has 21 heavy (non-hydrogen) atoms. The molecular weight excluding hydrogens is 293 g/mol. The van der Waals surface area contributed by atoms with Crippen LogP contribution >= 0.6 is 11.6 Å². The summed E-state index contributed by atoms with van der Waals surface area (Å²) in [5.41, 5.74) is 0.379. The highest BCUT2D eigenvalue weighted by atomic mass is 35.5. The Morgan fingerprint density at radius 3 is 2.29 bits per heavy atom. The molecule has 0 unspecified atom stereocenters. The second-order valence-corrected chi connectivity index (χ2v) is 5.35. The first-order valence-corrected chi connectivity index (χ1v) is 7.67. The van der Waals surface area contributed by atoms with Crippen LogP contribution in [0.4, 0.5) is 14.9 Å². The van der Waals surface area contributed by atoms with Gasteiger partial charge in [0.2, 0.25) is 0 Å². The summed E-state index contributed by atoms with van der Waals surface area (Å²) >= 11 is 5.73. The molecule has 2 amide bonds. The SMILES string of the molecule is CCCCN(CCCC)C(=O)N(N)c1ccc(F)c(Cl)c1. The van der Waals surface area contributed by atoms with Crippen molar-refractivity contribution in [2.24, 2.45) is 5.84 Å². The normalized spacial score (nSPS) is 10.5. The molecule has 0 heterocycles. The van der Waals surface area contributed by atoms with Crippen LogP contribution in [0.15, 0.2) is 18.2 Å². The number of nitrogens with zero attached hydrogens (tertiary/aromatic N) is 2. The Kier molecular flexibility index (Phi) is 7.47. The summed E-state index contributed by atoms with van der Waals surface area (Å²) in [6, 6.07) is 3.70. The summed E-state index contributed by atoms with van der Waals surface area (Å²) in [5, 5.41) is 0.973. The third-order valence-electron chi connectivity index (χ3n) is 3.22. The molecule has 0 radical (unpaired) electrons. The Hall–Kier alpha value is -1.33. The fraction of sp³-hybridized carbons (Fsp3) is 0.533. The minimum atomic E-state index is -0.532. The molecule has 2 N–H and O–H groups in total. The maximum atomic E-state index is 13.2. The lowest BCUT2D eigenvalue weighted by atomic mass is 10.2. The van der Waals surface area contributed by atoms with Gasteiger partial charge in [0.05, 0.1) is 10.7 Å². The van der Waals surface area contributed by atoms with Crippen molar-refractivity contribution in [1.82, 2.24) is 4.90 Å². The zero-order chi connectivity index (χ0) is 15.8. The Morgan fingerprint density at radius 1 is 1.24 bits per heavy atom. The van der Waals surface area contributed by atoms with Gasteiger partial charge in [0.1, 0.15) is 5.82 Å². The fourth-order valence-electron chi connectivity index (χ4n) is 1.90. The number of hydrazine groups is 1. The first-order valence-electron chi connectivity index (χ1n) is 7.30. The predicted molar refractivity (Wildman–Crippen MR) is 84.9 cm³/mol. The van der Waals surface area contributed by atoms with Gasteiger partial charge in [-0.05, 0) is 31.0 Å². The highest BCUT2D eigenvalue weighted by molar-refractivity contribution is 6.31. The van der Waals surface area contributed by atoms with E-state index >= 15 is 0 Å². The maximum Gasteiger partial charge on any atom is 0.338 e. The second kappa shape index (κ2) is 8.85. The number of carbonyl (C=O) groups excluding carboxylic acids is 1. The quantitative estimate of drug-likeness (QED) is 0.466. The molecule has 6 heteroatoms. The van der Waals surface area contributed by atoms with Crippen LogP contribution in [0.1, 0.15) is 39.5 Å². The van der Waals surface area contributed by atoms with Crippen LogP contribution in [0.5, 0.6) is 0 Å². The van der Waals surface area contributed by atoms with Crippen molar-refractivity contribution in [3.05, 3.63) is 29.0 Å². The molecule has 1 aromatic rings. The van der Waals surface area contributed by atoms with E-state index in [4.69, 9.17) is 17.4 Å². The molecular formula is C15H23ClFN3O. The van der Waals surface area contributed by atoms with Crippen LogP contribution in [-0.2, 0) is 0 Å². The van der Waals surface area contributed by atoms with Gasteiger partial charge in [-0.1, -0.05) is 38.3 Å². The lowest BCUT2D eigenvalue weighted by molar-refractivity contribution is 0.202. The fourth-order valence-corrected chi connectivity index (χ4v) is 2.07. The van der Waals surface area contributed by atoms with E-state index in [0.29, 0.717) is 18.8 Å². The van der Waals surface area contributed by atoms with Gasteiger partial charge in [-0.25, -0.2) is 20.0 Å². The molecule has 0 aromatic heterocycles. The van der Waals surface area contributed by atoms with E-state index in [1.54, 1.807) is 4.90 Å². The van der Waals surface area contributed by atoms with Crippen LogP contribution in [0.3, 0.4) is 0 Å². The van der Waals surface area contributed by atoms with Gasteiger partial charge in [0, 0.05) is 13.1 Å². The average Bonchev–Trinajstić information content (AvgIpc) is 2.49. The first-order chi connectivity index (χ1) is 10.0. The summed E-state index contributed by atoms with van der Waals surface area (Å²) in [6.45, 7) is 5.47. The van der Waals surface area contributed by atoms with Gasteiger partial charge >= 0.3 is 6.03 Å². The van der Waals surface area contributed by atoms with Crippen molar-refractivity contribution >= 4 is 23.3 Å². The van der Waals surface area contributed by atoms with Crippen LogP contribution in [0.25, 0.3) is 0 Å². The summed E-state index contributed by atoms with van der Waals surface area (Å²) in [6.07, 6.45) is 3.85. The van der Waals surface area contributed by atoms with Gasteiger partial charge in [0.25, 0.3) is 0 Å². The molecule has 0 atom stereocenters. The summed E-state index contributed by atoms with van der Waals surface area (Å²) in [7, 11) is 0. The molecule has 0 spiro atoms. The van der Waals surface area contributed by atoms with E-state index in [1.807, 2.05) is 0 Å². The zero-order valence-electron chi connectivity index (χ0n) is 12.6. The van der Waals surface area contributed by atoms with Gasteiger partial charge in [-0.2, -0.15) is 0 Å². The molecule has 0 saturated carbocycles. The van der Waals surface area contributed by atoms with Crippen molar-refractivity contribution < 1.29 is 9.18 Å². The number of rotatable bonds is 7. The lowest BCUT2D eigenvalue weighted by Crippen LogP contribution is -2.48. The van der Waals surface area contributed by atoms with Crippen molar-refractivity contribution in [2.75, 3.05) is 18.1 Å². The third kappa shape index (κ3) is 5.17. The number of carbonyl (C=O) groups is 1. The zero-order valence-corrected chi connectivity index (χ0v) is 13.4. The van der Waals surface area contributed by atoms with Crippen molar-refractivity contribution in [3.8, 4) is 0 Å². The van der Waals surface area contributed by atoms with E-state index in [1.165, 1.54) is 18.2 Å². The van der Waals surface area contributed by atoms with Crippen molar-refractivity contribution in [3.63, 3.8) is 0 Å². The van der Waals surface area contributed by atoms with Crippen LogP contribution < -0.4 is 10.9 Å². The third-order valence-corrected chi connectivity index (χ3v) is 3.51. The average molecular weight is 316 g/mol. The number of hydrogen-bond donors (Lipinski definition) is 1. The van der Waals surface area contributed by atoms with Gasteiger partial charge in [-0.3, -0.25) is 0 Å². The topological polar surface area (TPSA) is 49.6 Å². The Labute approximate surface area is 130 Å². The lowest BCUT2D eigenvalue weighted by Gasteiger charge is -2.27. The van der Waals surface area contributed by atoms with E-state index in [9.17, 15) is 9.18 Å². The number of benzene rings is 1. The second-order valence-electron chi connectivity index (χ2n) is 4.95. The molecule has 0 fully saturated rings. The molecule has 4 nitrogen and oxygen atoms in total. The molecule has 0 aliphatic heterocycles. The summed E-state index contributed by atoms with van der Waals surface area (Å²) < 4.78 is 13.2. The minimum Gasteiger partial charge on any atom is -0.323 e. The largest absolute Gasteiger partial charge is 0.338 e. The highest BCUT2D eigenvalue weighted by Crippen LogP contribution is 2.22. The van der Waals surface area contributed by atoms with E-state index in [0.717, 1.165) is 30.7 Å². The molecule has 0 aliphatic rings. The number of hydrogen-bond acceptors (Lipinski definition) is 2. The van der Waals surface area contributed by atoms with Gasteiger partial charge in [-0.15, -0.1) is 0 Å². The highest BCUT2D eigenvalue weighted by Gasteiger charge is 2.19. The monoisotopic (exact) mass is 315 g/mol. The number of urea groups is 1. The van der Waals surface area contributed by atoms with E-state index < -0.39 is 5.82 Å². The van der Waals surface area contributed by atoms with E-state index in [2.05, 4.69) is 13.8 Å². The van der Waals surface area contributed by atoms with E-state index in [-0.39, 0.29) is 11.1 Å². The molecule has 118 valence electrons. The summed E-state index contributed by atoms with van der Waals surface area (Å²) in [5.74, 6) is 5.33. The van der Waals surface area contributed by atoms with Crippen LogP contribution in [0.2, 0.25) is 5.02 Å². The van der Waals surface area contributed by atoms with Crippen LogP contribution in [-0.4, -0.2) is 24.0 Å². The van der Waals surface area contributed by atoms with Crippen molar-refractivity contribution in [1.29, 1.82) is 0 Å². The first kappa shape index (κ1) is 17.7. The molecule has 1 aromatic carbocycles. The number of nitrogens with two attached hydrogens (primary N) is 1. The molecule has 1 rings (SSSR count). The predicted octanol–water partition coefficient (Wildman–Crippen LogP) is 4.18. The van der Waals surface area contributed by atoms with Gasteiger partial charge < -0.3 is 4.90 Å². The molecule has 0 bridgehead atoms. The standard InChI is InChI=1S/C15H23ClFN3O/c1-3-5-9-19(10-6-4-2)15(21)20(18)12-7-8-14(17)13(16)11-12/h7-8,11H,3-6,9-10,18H2,1-2H3. The van der Waals surface area contributed by atoms with Crippen molar-refractivity contribution in [2.45, 2.75) is 39.5 Å². The molecule has 0 aliphatic carbocycles. The number of amides is 2. The van der Waals surface area contributed by atoms with Gasteiger partial charge in [0.15, 0.2) is 0 Å². The Morgan fingerprint density at radius 2 is 1.81 bits per heavy atom. The Balaban J connectivity index is 2.82. The number of unbranched alkanes of at least 4 members (excludes halogenated alkanes) is 2. The summed E-state index contributed by atoms with van der Waals surface area (Å²) in [4.78, 5) is 14.2.